The Morgan fingerprint density at radius 2 is 1.91 bits per heavy atom. The van der Waals surface area contributed by atoms with E-state index in [2.05, 4.69) is 22.4 Å². The summed E-state index contributed by atoms with van der Waals surface area (Å²) in [5, 5.41) is 6.40. The van der Waals surface area contributed by atoms with E-state index in [1.165, 1.54) is 0 Å². The van der Waals surface area contributed by atoms with Gasteiger partial charge in [0.25, 0.3) is 0 Å². The van der Waals surface area contributed by atoms with Crippen molar-refractivity contribution in [2.75, 3.05) is 6.54 Å². The first-order valence-electron chi connectivity index (χ1n) is 6.84. The van der Waals surface area contributed by atoms with Crippen molar-refractivity contribution in [3.63, 3.8) is 0 Å². The summed E-state index contributed by atoms with van der Waals surface area (Å²) in [5.41, 5.74) is 3.83. The van der Waals surface area contributed by atoms with Gasteiger partial charge in [-0.2, -0.15) is 0 Å². The Morgan fingerprint density at radius 3 is 2.68 bits per heavy atom. The molecule has 0 saturated heterocycles. The van der Waals surface area contributed by atoms with Crippen LogP contribution in [0.1, 0.15) is 5.56 Å². The van der Waals surface area contributed by atoms with Crippen LogP contribution in [-0.4, -0.2) is 17.9 Å². The lowest BCUT2D eigenvalue weighted by molar-refractivity contribution is -0.500. The number of para-hydroxylation sites is 1. The Hall–Kier alpha value is -2.66. The van der Waals surface area contributed by atoms with Crippen molar-refractivity contribution in [2.24, 2.45) is 0 Å². The molecule has 0 saturated carbocycles. The molecule has 0 aliphatic heterocycles. The summed E-state index contributed by atoms with van der Waals surface area (Å²) in [6, 6.07) is 17.4. The van der Waals surface area contributed by atoms with Crippen molar-refractivity contribution in [3.8, 4) is 11.5 Å². The molecule has 0 heterocycles. The van der Waals surface area contributed by atoms with Crippen LogP contribution in [0.5, 0.6) is 11.5 Å². The highest BCUT2D eigenvalue weighted by molar-refractivity contribution is 7.80. The van der Waals surface area contributed by atoms with E-state index in [4.69, 9.17) is 17.0 Å². The fourth-order valence-corrected chi connectivity index (χ4v) is 1.83. The Morgan fingerprint density at radius 1 is 1.14 bits per heavy atom. The molecule has 0 atom stereocenters. The molecule has 0 aliphatic rings. The maximum Gasteiger partial charge on any atom is 0.224 e. The Balaban J connectivity index is 1.93. The molecule has 0 aliphatic carbocycles. The maximum atomic E-state index is 5.78. The van der Waals surface area contributed by atoms with Gasteiger partial charge in [-0.15, -0.1) is 17.1 Å². The zero-order valence-electron chi connectivity index (χ0n) is 12.1. The van der Waals surface area contributed by atoms with Gasteiger partial charge in [0.1, 0.15) is 11.5 Å². The minimum Gasteiger partial charge on any atom is -0.457 e. The van der Waals surface area contributed by atoms with E-state index >= 15 is 0 Å². The number of hydrogen-bond donors (Lipinski definition) is 3. The van der Waals surface area contributed by atoms with E-state index < -0.39 is 0 Å². The molecule has 22 heavy (non-hydrogen) atoms. The quantitative estimate of drug-likeness (QED) is 0.328. The van der Waals surface area contributed by atoms with Crippen LogP contribution < -0.4 is 20.6 Å². The van der Waals surface area contributed by atoms with E-state index in [-0.39, 0.29) is 0 Å². The second-order valence-corrected chi connectivity index (χ2v) is 4.81. The molecule has 0 radical (unpaired) electrons. The number of hydrazine groups is 1. The van der Waals surface area contributed by atoms with Crippen molar-refractivity contribution in [3.05, 3.63) is 72.8 Å². The standard InChI is InChI=1S/C17H17N3OS/c1-2-11-18-17(22)20-19-13-14-7-6-10-16(12-14)21-15-8-4-3-5-9-15/h2-10,12-13H,1,11H2,(H2,18,20,22)/p+1. The molecule has 5 heteroatoms. The van der Waals surface area contributed by atoms with E-state index in [1.807, 2.05) is 54.6 Å². The summed E-state index contributed by atoms with van der Waals surface area (Å²) >= 11 is 5.07. The molecular formula is C17H18N3OS+. The lowest BCUT2D eigenvalue weighted by Crippen LogP contribution is -2.82. The molecule has 3 N–H and O–H groups in total. The predicted octanol–water partition coefficient (Wildman–Crippen LogP) is 1.54. The molecule has 2 aromatic rings. The molecule has 0 spiro atoms. The van der Waals surface area contributed by atoms with Gasteiger partial charge in [-0.05, 0) is 42.5 Å². The smallest absolute Gasteiger partial charge is 0.224 e. The molecule has 0 amide bonds. The SMILES string of the molecule is C=CCNC(=S)N[NH+]=Cc1cccc(Oc2ccccc2)c1. The second kappa shape index (κ2) is 8.59. The molecule has 2 rings (SSSR count). The zero-order valence-corrected chi connectivity index (χ0v) is 12.9. The topological polar surface area (TPSA) is 47.3 Å². The predicted molar refractivity (Wildman–Crippen MR) is 93.0 cm³/mol. The molecule has 0 unspecified atom stereocenters. The highest BCUT2D eigenvalue weighted by atomic mass is 32.1. The van der Waals surface area contributed by atoms with Gasteiger partial charge in [0.15, 0.2) is 6.21 Å². The number of nitrogens with one attached hydrogen (secondary N) is 3. The van der Waals surface area contributed by atoms with Crippen LogP contribution in [0.4, 0.5) is 0 Å². The minimum absolute atomic E-state index is 0.507. The number of hydrogen-bond acceptors (Lipinski definition) is 2. The van der Waals surface area contributed by atoms with E-state index in [9.17, 15) is 0 Å². The number of benzene rings is 2. The summed E-state index contributed by atoms with van der Waals surface area (Å²) in [4.78, 5) is 0. The van der Waals surface area contributed by atoms with Gasteiger partial charge in [0.2, 0.25) is 5.11 Å². The Bertz CT molecular complexity index is 656. The van der Waals surface area contributed by atoms with Crippen LogP contribution in [0.15, 0.2) is 67.3 Å². The summed E-state index contributed by atoms with van der Waals surface area (Å²) in [5.74, 6) is 1.58. The number of hydrazone groups is 1. The van der Waals surface area contributed by atoms with Gasteiger partial charge < -0.3 is 10.1 Å². The molecular weight excluding hydrogens is 294 g/mol. The summed E-state index contributed by atoms with van der Waals surface area (Å²) < 4.78 is 5.78. The average Bonchev–Trinajstić information content (AvgIpc) is 2.54. The lowest BCUT2D eigenvalue weighted by Gasteiger charge is -2.05. The minimum atomic E-state index is 0.507. The van der Waals surface area contributed by atoms with Gasteiger partial charge in [-0.3, -0.25) is 0 Å². The van der Waals surface area contributed by atoms with Crippen molar-refractivity contribution in [2.45, 2.75) is 0 Å². The lowest BCUT2D eigenvalue weighted by atomic mass is 10.2. The summed E-state index contributed by atoms with van der Waals surface area (Å²) in [6.45, 7) is 4.23. The second-order valence-electron chi connectivity index (χ2n) is 4.40. The molecule has 4 nitrogen and oxygen atoms in total. The van der Waals surface area contributed by atoms with E-state index in [1.54, 1.807) is 12.3 Å². The van der Waals surface area contributed by atoms with Gasteiger partial charge in [0.05, 0.1) is 0 Å². The van der Waals surface area contributed by atoms with Crippen LogP contribution in [-0.2, 0) is 0 Å². The average molecular weight is 312 g/mol. The van der Waals surface area contributed by atoms with Crippen molar-refractivity contribution in [1.29, 1.82) is 0 Å². The third-order valence-corrected chi connectivity index (χ3v) is 2.91. The Kier molecular flexibility index (Phi) is 6.14. The molecule has 112 valence electrons. The number of rotatable bonds is 6. The van der Waals surface area contributed by atoms with Crippen molar-refractivity contribution < 1.29 is 9.84 Å². The van der Waals surface area contributed by atoms with Crippen LogP contribution in [0.2, 0.25) is 0 Å². The number of ether oxygens (including phenoxy) is 1. The molecule has 0 fully saturated rings. The normalized spacial score (nSPS) is 10.2. The van der Waals surface area contributed by atoms with Gasteiger partial charge in [-0.25, -0.2) is 0 Å². The van der Waals surface area contributed by atoms with Crippen LogP contribution in [0.25, 0.3) is 0 Å². The van der Waals surface area contributed by atoms with E-state index in [0.29, 0.717) is 11.7 Å². The van der Waals surface area contributed by atoms with Gasteiger partial charge in [-0.1, -0.05) is 30.3 Å². The highest BCUT2D eigenvalue weighted by Gasteiger charge is 1.99. The highest BCUT2D eigenvalue weighted by Crippen LogP contribution is 2.20. The Labute approximate surface area is 135 Å². The molecule has 2 aromatic carbocycles. The first-order valence-corrected chi connectivity index (χ1v) is 7.25. The fraction of sp³-hybridized carbons (Fsp3) is 0.0588. The molecule has 0 aromatic heterocycles. The van der Waals surface area contributed by atoms with Crippen molar-refractivity contribution >= 4 is 23.5 Å². The van der Waals surface area contributed by atoms with Crippen LogP contribution in [0.3, 0.4) is 0 Å². The largest absolute Gasteiger partial charge is 0.457 e. The first-order chi connectivity index (χ1) is 10.8. The number of thiocarbonyl (C=S) groups is 1. The van der Waals surface area contributed by atoms with Gasteiger partial charge >= 0.3 is 0 Å². The first kappa shape index (κ1) is 15.7. The maximum absolute atomic E-state index is 5.78. The monoisotopic (exact) mass is 312 g/mol. The fourth-order valence-electron chi connectivity index (χ4n) is 1.69. The third-order valence-electron chi connectivity index (χ3n) is 2.67. The van der Waals surface area contributed by atoms with Gasteiger partial charge in [0, 0.05) is 12.1 Å². The summed E-state index contributed by atoms with van der Waals surface area (Å²) in [7, 11) is 0. The summed E-state index contributed by atoms with van der Waals surface area (Å²) in [6.07, 6.45) is 3.54. The third kappa shape index (κ3) is 5.38. The zero-order chi connectivity index (χ0) is 15.6. The van der Waals surface area contributed by atoms with E-state index in [0.717, 1.165) is 17.1 Å². The van der Waals surface area contributed by atoms with Crippen molar-refractivity contribution in [1.82, 2.24) is 10.7 Å². The molecule has 0 bridgehead atoms. The van der Waals surface area contributed by atoms with Crippen LogP contribution >= 0.6 is 12.2 Å². The van der Waals surface area contributed by atoms with Crippen LogP contribution in [0, 0.1) is 0 Å².